The van der Waals surface area contributed by atoms with Crippen LogP contribution in [0.5, 0.6) is 5.75 Å². The zero-order valence-electron chi connectivity index (χ0n) is 17.4. The lowest BCUT2D eigenvalue weighted by molar-refractivity contribution is -0.145. The van der Waals surface area contributed by atoms with Crippen molar-refractivity contribution in [2.75, 3.05) is 20.1 Å². The third-order valence-electron chi connectivity index (χ3n) is 6.25. The van der Waals surface area contributed by atoms with Crippen LogP contribution in [0.3, 0.4) is 0 Å². The molecule has 4 rings (SSSR count). The Morgan fingerprint density at radius 2 is 1.58 bits per heavy atom. The van der Waals surface area contributed by atoms with Crippen LogP contribution in [0.4, 0.5) is 8.78 Å². The van der Waals surface area contributed by atoms with Gasteiger partial charge in [0.05, 0.1) is 12.1 Å². The lowest BCUT2D eigenvalue weighted by Gasteiger charge is -2.45. The molecule has 2 aromatic rings. The smallest absolute Gasteiger partial charge is 0.387 e. The Hall–Kier alpha value is -2.22. The van der Waals surface area contributed by atoms with Crippen LogP contribution in [0.1, 0.15) is 30.4 Å². The number of nitrogens with zero attached hydrogens (tertiary/aromatic N) is 3. The van der Waals surface area contributed by atoms with Gasteiger partial charge in [0, 0.05) is 18.0 Å². The maximum atomic E-state index is 13.1. The summed E-state index contributed by atoms with van der Waals surface area (Å²) < 4.78 is 29.3. The normalized spacial score (nSPS) is 19.5. The Kier molecular flexibility index (Phi) is 6.46. The number of alkyl halides is 2. The summed E-state index contributed by atoms with van der Waals surface area (Å²) in [6.45, 7) is 0.0266. The maximum Gasteiger partial charge on any atom is 0.387 e. The van der Waals surface area contributed by atoms with Crippen molar-refractivity contribution in [2.45, 2.75) is 44.5 Å². The molecule has 2 aromatic carbocycles. The van der Waals surface area contributed by atoms with E-state index in [1.54, 1.807) is 12.1 Å². The Bertz CT molecular complexity index is 900. The largest absolute Gasteiger partial charge is 0.435 e. The van der Waals surface area contributed by atoms with E-state index < -0.39 is 6.61 Å². The Balaban J connectivity index is 1.57. The van der Waals surface area contributed by atoms with Gasteiger partial charge in [-0.1, -0.05) is 35.9 Å². The molecule has 8 heteroatoms. The quantitative estimate of drug-likeness (QED) is 0.648. The average molecular weight is 450 g/mol. The molecule has 5 nitrogen and oxygen atoms in total. The molecule has 166 valence electrons. The first-order chi connectivity index (χ1) is 14.8. The van der Waals surface area contributed by atoms with E-state index in [4.69, 9.17) is 11.6 Å². The predicted octanol–water partition coefficient (Wildman–Crippen LogP) is 4.56. The minimum Gasteiger partial charge on any atom is -0.435 e. The van der Waals surface area contributed by atoms with Crippen LogP contribution in [0, 0.1) is 0 Å². The van der Waals surface area contributed by atoms with Crippen molar-refractivity contribution in [3.63, 3.8) is 0 Å². The van der Waals surface area contributed by atoms with E-state index >= 15 is 0 Å². The van der Waals surface area contributed by atoms with Crippen molar-refractivity contribution in [3.05, 3.63) is 64.7 Å². The number of halogens is 3. The van der Waals surface area contributed by atoms with E-state index in [0.29, 0.717) is 24.5 Å². The van der Waals surface area contributed by atoms with E-state index in [-0.39, 0.29) is 17.2 Å². The highest BCUT2D eigenvalue weighted by Crippen LogP contribution is 2.41. The number of carbonyl (C=O) groups is 1. The molecular formula is C23H26ClF2N3O2. The first-order valence-electron chi connectivity index (χ1n) is 10.4. The second kappa shape index (κ2) is 9.10. The molecule has 0 saturated carbocycles. The predicted molar refractivity (Wildman–Crippen MR) is 115 cm³/mol. The second-order valence-corrected chi connectivity index (χ2v) is 8.80. The number of hydrogen-bond donors (Lipinski definition) is 0. The molecule has 1 amide bonds. The summed E-state index contributed by atoms with van der Waals surface area (Å²) in [6, 6.07) is 14.2. The Labute approximate surface area is 186 Å². The van der Waals surface area contributed by atoms with Crippen molar-refractivity contribution >= 4 is 17.5 Å². The van der Waals surface area contributed by atoms with Crippen LogP contribution in [0.15, 0.2) is 48.5 Å². The van der Waals surface area contributed by atoms with Crippen LogP contribution in [-0.2, 0) is 17.9 Å². The van der Waals surface area contributed by atoms with Gasteiger partial charge in [0.2, 0.25) is 5.91 Å². The van der Waals surface area contributed by atoms with Gasteiger partial charge in [-0.25, -0.2) is 5.01 Å². The van der Waals surface area contributed by atoms with E-state index in [2.05, 4.69) is 21.7 Å². The summed E-state index contributed by atoms with van der Waals surface area (Å²) in [6.07, 6.45) is 2.32. The highest BCUT2D eigenvalue weighted by molar-refractivity contribution is 6.30. The van der Waals surface area contributed by atoms with Crippen LogP contribution >= 0.6 is 11.6 Å². The molecule has 2 aliphatic heterocycles. The van der Waals surface area contributed by atoms with Gasteiger partial charge in [-0.2, -0.15) is 8.78 Å². The first kappa shape index (κ1) is 22.0. The van der Waals surface area contributed by atoms with Gasteiger partial charge in [-0.05, 0) is 68.4 Å². The molecule has 2 fully saturated rings. The molecule has 0 N–H and O–H groups in total. The number of benzene rings is 2. The zero-order chi connectivity index (χ0) is 22.0. The van der Waals surface area contributed by atoms with Gasteiger partial charge in [0.25, 0.3) is 0 Å². The molecule has 0 unspecified atom stereocenters. The summed E-state index contributed by atoms with van der Waals surface area (Å²) >= 11 is 6.05. The number of hydrazine groups is 1. The van der Waals surface area contributed by atoms with Crippen molar-refractivity contribution in [1.29, 1.82) is 0 Å². The maximum absolute atomic E-state index is 13.1. The first-order valence-corrected chi connectivity index (χ1v) is 10.8. The molecule has 31 heavy (non-hydrogen) atoms. The summed E-state index contributed by atoms with van der Waals surface area (Å²) in [5, 5.41) is 4.72. The lowest BCUT2D eigenvalue weighted by atomic mass is 9.84. The number of carbonyl (C=O) groups excluding carboxylic acids is 1. The number of rotatable bonds is 6. The molecule has 2 saturated heterocycles. The van der Waals surface area contributed by atoms with Gasteiger partial charge in [0.1, 0.15) is 5.75 Å². The SMILES string of the molecule is CN1CCC2(CC1)CC(=O)N(Cc1ccc(OC(F)F)cc1)N2Cc1ccc(Cl)cc1. The van der Waals surface area contributed by atoms with Crippen LogP contribution in [0.25, 0.3) is 0 Å². The second-order valence-electron chi connectivity index (χ2n) is 8.36. The van der Waals surface area contributed by atoms with Gasteiger partial charge >= 0.3 is 6.61 Å². The minimum absolute atomic E-state index is 0.0893. The van der Waals surface area contributed by atoms with Gasteiger partial charge in [0.15, 0.2) is 0 Å². The lowest BCUT2D eigenvalue weighted by Crippen LogP contribution is -2.54. The van der Waals surface area contributed by atoms with Gasteiger partial charge in [-0.3, -0.25) is 9.80 Å². The molecule has 0 aromatic heterocycles. The van der Waals surface area contributed by atoms with E-state index in [1.165, 1.54) is 12.1 Å². The molecule has 0 radical (unpaired) electrons. The fourth-order valence-corrected chi connectivity index (χ4v) is 4.59. The minimum atomic E-state index is -2.86. The number of likely N-dealkylation sites (tertiary alicyclic amines) is 1. The van der Waals surface area contributed by atoms with E-state index in [9.17, 15) is 13.6 Å². The highest BCUT2D eigenvalue weighted by Gasteiger charge is 2.50. The van der Waals surface area contributed by atoms with Crippen LogP contribution in [0.2, 0.25) is 5.02 Å². The fraction of sp³-hybridized carbons (Fsp3) is 0.435. The average Bonchev–Trinajstić information content (AvgIpc) is 2.98. The van der Waals surface area contributed by atoms with Crippen LogP contribution < -0.4 is 4.74 Å². The molecular weight excluding hydrogens is 424 g/mol. The number of amides is 1. The van der Waals surface area contributed by atoms with Crippen molar-refractivity contribution in [2.24, 2.45) is 0 Å². The van der Waals surface area contributed by atoms with Gasteiger partial charge in [-0.15, -0.1) is 0 Å². The standard InChI is InChI=1S/C23H26ClF2N3O2/c1-27-12-10-23(11-13-27)14-21(30)28(29(23)16-18-2-6-19(24)7-3-18)15-17-4-8-20(9-5-17)31-22(25)26/h2-9,22H,10-16H2,1H3. The molecule has 1 spiro atoms. The van der Waals surface area contributed by atoms with E-state index in [1.807, 2.05) is 29.3 Å². The molecule has 0 atom stereocenters. The summed E-state index contributed by atoms with van der Waals surface area (Å²) in [4.78, 5) is 15.4. The molecule has 2 aliphatic rings. The molecule has 0 aliphatic carbocycles. The number of hydrogen-bond acceptors (Lipinski definition) is 4. The molecule has 2 heterocycles. The number of ether oxygens (including phenoxy) is 1. The third kappa shape index (κ3) is 5.00. The fourth-order valence-electron chi connectivity index (χ4n) is 4.46. The Morgan fingerprint density at radius 3 is 2.19 bits per heavy atom. The third-order valence-corrected chi connectivity index (χ3v) is 6.50. The van der Waals surface area contributed by atoms with Gasteiger partial charge < -0.3 is 9.64 Å². The molecule has 0 bridgehead atoms. The monoisotopic (exact) mass is 449 g/mol. The highest BCUT2D eigenvalue weighted by atomic mass is 35.5. The van der Waals surface area contributed by atoms with E-state index in [0.717, 1.165) is 37.1 Å². The van der Waals surface area contributed by atoms with Crippen molar-refractivity contribution < 1.29 is 18.3 Å². The van der Waals surface area contributed by atoms with Crippen molar-refractivity contribution in [1.82, 2.24) is 14.9 Å². The summed E-state index contributed by atoms with van der Waals surface area (Å²) in [5.41, 5.74) is 1.74. The van der Waals surface area contributed by atoms with Crippen molar-refractivity contribution in [3.8, 4) is 5.75 Å². The number of piperidine rings is 1. The Morgan fingerprint density at radius 1 is 1.00 bits per heavy atom. The zero-order valence-corrected chi connectivity index (χ0v) is 18.2. The van der Waals surface area contributed by atoms with Crippen LogP contribution in [-0.4, -0.2) is 53.1 Å². The summed E-state index contributed by atoms with van der Waals surface area (Å²) in [7, 11) is 2.11. The topological polar surface area (TPSA) is 36.0 Å². The summed E-state index contributed by atoms with van der Waals surface area (Å²) in [5.74, 6) is 0.197.